The monoisotopic (exact) mass is 338 g/mol. The van der Waals surface area contributed by atoms with Crippen LogP contribution in [0.1, 0.15) is 0 Å². The van der Waals surface area contributed by atoms with Gasteiger partial charge < -0.3 is 19.9 Å². The van der Waals surface area contributed by atoms with Crippen LogP contribution in [0.4, 0.5) is 5.69 Å². The molecular formula is C19H22N4O2. The maximum Gasteiger partial charge on any atom is 0.238 e. The number of carbonyl (C=O) groups excluding carboxylic acids is 1. The number of anilines is 1. The van der Waals surface area contributed by atoms with Gasteiger partial charge in [-0.25, -0.2) is 4.98 Å². The Hall–Kier alpha value is -2.70. The Morgan fingerprint density at radius 1 is 1.16 bits per heavy atom. The molecule has 0 saturated carbocycles. The van der Waals surface area contributed by atoms with E-state index < -0.39 is 0 Å². The first-order chi connectivity index (χ1) is 12.2. The summed E-state index contributed by atoms with van der Waals surface area (Å²) in [6.07, 6.45) is 0. The van der Waals surface area contributed by atoms with E-state index in [9.17, 15) is 4.79 Å². The molecule has 0 spiro atoms. The third-order valence-corrected chi connectivity index (χ3v) is 3.98. The van der Waals surface area contributed by atoms with Crippen LogP contribution in [0.2, 0.25) is 0 Å². The number of para-hydroxylation sites is 2. The Bertz CT molecular complexity index is 855. The molecule has 1 amide bonds. The number of fused-ring (bicyclic) bond motifs is 1. The molecule has 0 aliphatic rings. The van der Waals surface area contributed by atoms with E-state index in [0.29, 0.717) is 13.2 Å². The SMILES string of the molecule is COCCNCC(=O)Nc1ccc(-c2nc3ccccc3n2C)cc1. The van der Waals surface area contributed by atoms with E-state index in [1.54, 1.807) is 7.11 Å². The van der Waals surface area contributed by atoms with Gasteiger partial charge in [-0.15, -0.1) is 0 Å². The van der Waals surface area contributed by atoms with Crippen LogP contribution in [0.5, 0.6) is 0 Å². The molecule has 1 heterocycles. The second kappa shape index (κ2) is 7.92. The Kier molecular flexibility index (Phi) is 5.42. The first kappa shape index (κ1) is 17.1. The molecule has 2 aromatic carbocycles. The molecule has 0 fully saturated rings. The molecule has 1 aromatic heterocycles. The number of aryl methyl sites for hydroxylation is 1. The lowest BCUT2D eigenvalue weighted by Gasteiger charge is -2.08. The first-order valence-electron chi connectivity index (χ1n) is 8.20. The number of ether oxygens (including phenoxy) is 1. The third kappa shape index (κ3) is 4.04. The van der Waals surface area contributed by atoms with Crippen LogP contribution in [0.25, 0.3) is 22.4 Å². The summed E-state index contributed by atoms with van der Waals surface area (Å²) in [5.74, 6) is 0.826. The summed E-state index contributed by atoms with van der Waals surface area (Å²) >= 11 is 0. The van der Waals surface area contributed by atoms with Gasteiger partial charge in [0, 0.05) is 32.0 Å². The lowest BCUT2D eigenvalue weighted by Crippen LogP contribution is -2.30. The molecule has 25 heavy (non-hydrogen) atoms. The molecule has 0 saturated heterocycles. The van der Waals surface area contributed by atoms with Gasteiger partial charge in [-0.2, -0.15) is 0 Å². The lowest BCUT2D eigenvalue weighted by atomic mass is 10.2. The lowest BCUT2D eigenvalue weighted by molar-refractivity contribution is -0.115. The summed E-state index contributed by atoms with van der Waals surface area (Å²) in [5, 5.41) is 5.88. The maximum absolute atomic E-state index is 11.9. The highest BCUT2D eigenvalue weighted by atomic mass is 16.5. The molecule has 130 valence electrons. The predicted molar refractivity (Wildman–Crippen MR) is 99.5 cm³/mol. The topological polar surface area (TPSA) is 68.2 Å². The summed E-state index contributed by atoms with van der Waals surface area (Å²) in [6, 6.07) is 15.8. The van der Waals surface area contributed by atoms with Crippen LogP contribution in [0.3, 0.4) is 0 Å². The van der Waals surface area contributed by atoms with Crippen molar-refractivity contribution in [1.29, 1.82) is 0 Å². The highest BCUT2D eigenvalue weighted by Crippen LogP contribution is 2.24. The van der Waals surface area contributed by atoms with Gasteiger partial charge in [-0.1, -0.05) is 12.1 Å². The molecule has 2 N–H and O–H groups in total. The van der Waals surface area contributed by atoms with E-state index in [1.165, 1.54) is 0 Å². The van der Waals surface area contributed by atoms with Gasteiger partial charge in [0.25, 0.3) is 0 Å². The predicted octanol–water partition coefficient (Wildman–Crippen LogP) is 2.41. The summed E-state index contributed by atoms with van der Waals surface area (Å²) in [6.45, 7) is 1.49. The molecule has 6 nitrogen and oxygen atoms in total. The number of hydrogen-bond donors (Lipinski definition) is 2. The minimum atomic E-state index is -0.0772. The second-order valence-corrected chi connectivity index (χ2v) is 5.78. The minimum Gasteiger partial charge on any atom is -0.383 e. The number of amides is 1. The van der Waals surface area contributed by atoms with E-state index >= 15 is 0 Å². The van der Waals surface area contributed by atoms with Crippen molar-refractivity contribution in [3.8, 4) is 11.4 Å². The summed E-state index contributed by atoms with van der Waals surface area (Å²) in [4.78, 5) is 16.6. The first-order valence-corrected chi connectivity index (χ1v) is 8.20. The number of aromatic nitrogens is 2. The molecule has 0 aliphatic heterocycles. The Balaban J connectivity index is 1.67. The van der Waals surface area contributed by atoms with Crippen LogP contribution >= 0.6 is 0 Å². The summed E-state index contributed by atoms with van der Waals surface area (Å²) in [7, 11) is 3.64. The fourth-order valence-electron chi connectivity index (χ4n) is 2.69. The summed E-state index contributed by atoms with van der Waals surface area (Å²) in [5.41, 5.74) is 3.84. The molecule has 0 atom stereocenters. The van der Waals surface area contributed by atoms with Gasteiger partial charge in [-0.3, -0.25) is 4.79 Å². The fourth-order valence-corrected chi connectivity index (χ4v) is 2.69. The van der Waals surface area contributed by atoms with E-state index in [-0.39, 0.29) is 12.5 Å². The Morgan fingerprint density at radius 3 is 2.64 bits per heavy atom. The van der Waals surface area contributed by atoms with Crippen molar-refractivity contribution >= 4 is 22.6 Å². The third-order valence-electron chi connectivity index (χ3n) is 3.98. The average Bonchev–Trinajstić information content (AvgIpc) is 2.97. The van der Waals surface area contributed by atoms with E-state index in [1.807, 2.05) is 49.5 Å². The van der Waals surface area contributed by atoms with Gasteiger partial charge in [0.05, 0.1) is 24.2 Å². The number of nitrogens with zero attached hydrogens (tertiary/aromatic N) is 2. The minimum absolute atomic E-state index is 0.0772. The molecule has 0 aliphatic carbocycles. The number of nitrogens with one attached hydrogen (secondary N) is 2. The normalized spacial score (nSPS) is 11.0. The average molecular weight is 338 g/mol. The zero-order valence-corrected chi connectivity index (χ0v) is 14.5. The van der Waals surface area contributed by atoms with Crippen LogP contribution in [0, 0.1) is 0 Å². The fraction of sp³-hybridized carbons (Fsp3) is 0.263. The molecule has 6 heteroatoms. The molecular weight excluding hydrogens is 316 g/mol. The van der Waals surface area contributed by atoms with Crippen molar-refractivity contribution in [2.75, 3.05) is 32.1 Å². The smallest absolute Gasteiger partial charge is 0.238 e. The van der Waals surface area contributed by atoms with Crippen LogP contribution in [-0.4, -0.2) is 42.3 Å². The van der Waals surface area contributed by atoms with Gasteiger partial charge >= 0.3 is 0 Å². The number of rotatable bonds is 7. The van der Waals surface area contributed by atoms with E-state index in [2.05, 4.69) is 26.3 Å². The van der Waals surface area contributed by atoms with Gasteiger partial charge in [0.15, 0.2) is 0 Å². The van der Waals surface area contributed by atoms with Crippen molar-refractivity contribution in [1.82, 2.24) is 14.9 Å². The van der Waals surface area contributed by atoms with Gasteiger partial charge in [-0.05, 0) is 36.4 Å². The van der Waals surface area contributed by atoms with Gasteiger partial charge in [0.1, 0.15) is 5.82 Å². The number of imidazole rings is 1. The number of hydrogen-bond acceptors (Lipinski definition) is 4. The second-order valence-electron chi connectivity index (χ2n) is 5.78. The number of methoxy groups -OCH3 is 1. The van der Waals surface area contributed by atoms with E-state index in [0.717, 1.165) is 28.1 Å². The number of benzene rings is 2. The number of carbonyl (C=O) groups is 1. The van der Waals surface area contributed by atoms with Crippen LogP contribution < -0.4 is 10.6 Å². The van der Waals surface area contributed by atoms with Crippen molar-refractivity contribution in [3.63, 3.8) is 0 Å². The highest BCUT2D eigenvalue weighted by Gasteiger charge is 2.09. The Labute approximate surface area is 146 Å². The van der Waals surface area contributed by atoms with Crippen molar-refractivity contribution < 1.29 is 9.53 Å². The van der Waals surface area contributed by atoms with Crippen LogP contribution in [-0.2, 0) is 16.6 Å². The largest absolute Gasteiger partial charge is 0.383 e. The molecule has 0 unspecified atom stereocenters. The van der Waals surface area contributed by atoms with Crippen LogP contribution in [0.15, 0.2) is 48.5 Å². The summed E-state index contributed by atoms with van der Waals surface area (Å²) < 4.78 is 7.00. The van der Waals surface area contributed by atoms with Gasteiger partial charge in [0.2, 0.25) is 5.91 Å². The standard InChI is InChI=1S/C19H22N4O2/c1-23-17-6-4-3-5-16(17)22-19(23)14-7-9-15(10-8-14)21-18(24)13-20-11-12-25-2/h3-10,20H,11-13H2,1-2H3,(H,21,24). The highest BCUT2D eigenvalue weighted by molar-refractivity contribution is 5.92. The van der Waals surface area contributed by atoms with Crippen molar-refractivity contribution in [2.45, 2.75) is 0 Å². The zero-order valence-electron chi connectivity index (χ0n) is 14.5. The van der Waals surface area contributed by atoms with Crippen molar-refractivity contribution in [3.05, 3.63) is 48.5 Å². The molecule has 3 rings (SSSR count). The zero-order chi connectivity index (χ0) is 17.6. The molecule has 0 bridgehead atoms. The molecule has 3 aromatic rings. The molecule has 0 radical (unpaired) electrons. The van der Waals surface area contributed by atoms with Crippen molar-refractivity contribution in [2.24, 2.45) is 7.05 Å². The Morgan fingerprint density at radius 2 is 1.92 bits per heavy atom. The van der Waals surface area contributed by atoms with E-state index in [4.69, 9.17) is 4.74 Å². The quantitative estimate of drug-likeness (QED) is 0.649. The maximum atomic E-state index is 11.9.